The number of nitrogens with one attached hydrogen (secondary N) is 1. The van der Waals surface area contributed by atoms with E-state index in [1.54, 1.807) is 0 Å². The van der Waals surface area contributed by atoms with E-state index >= 15 is 0 Å². The van der Waals surface area contributed by atoms with Crippen molar-refractivity contribution >= 4 is 16.5 Å². The van der Waals surface area contributed by atoms with Gasteiger partial charge in [0.1, 0.15) is 0 Å². The molecule has 1 aromatic rings. The molecule has 104 valence electrons. The number of rotatable bonds is 2. The quantitative estimate of drug-likeness (QED) is 0.900. The first-order chi connectivity index (χ1) is 9.33. The van der Waals surface area contributed by atoms with Crippen molar-refractivity contribution in [3.63, 3.8) is 0 Å². The molecule has 2 saturated heterocycles. The van der Waals surface area contributed by atoms with Crippen LogP contribution in [0.1, 0.15) is 42.3 Å². The minimum atomic E-state index is 0.444. The first kappa shape index (κ1) is 12.1. The highest BCUT2D eigenvalue weighted by molar-refractivity contribution is 7.15. The number of anilines is 1. The number of nitrogens with zero attached hydrogens (tertiary/aromatic N) is 2. The molecule has 0 amide bonds. The van der Waals surface area contributed by atoms with Crippen molar-refractivity contribution in [2.24, 2.45) is 0 Å². The van der Waals surface area contributed by atoms with Crippen LogP contribution in [0.5, 0.6) is 0 Å². The third kappa shape index (κ3) is 2.08. The Kier molecular flexibility index (Phi) is 3.01. The zero-order valence-electron chi connectivity index (χ0n) is 11.4. The van der Waals surface area contributed by atoms with E-state index in [1.165, 1.54) is 41.4 Å². The van der Waals surface area contributed by atoms with Crippen LogP contribution in [0.2, 0.25) is 0 Å². The predicted octanol–water partition coefficient (Wildman–Crippen LogP) is 2.11. The predicted molar refractivity (Wildman–Crippen MR) is 77.0 cm³/mol. The lowest BCUT2D eigenvalue weighted by molar-refractivity contribution is 0.0305. The van der Waals surface area contributed by atoms with E-state index in [4.69, 9.17) is 9.72 Å². The number of fused-ring (bicyclic) bond motifs is 3. The van der Waals surface area contributed by atoms with E-state index in [9.17, 15) is 0 Å². The van der Waals surface area contributed by atoms with Crippen molar-refractivity contribution in [1.82, 2.24) is 10.3 Å². The molecule has 1 N–H and O–H groups in total. The van der Waals surface area contributed by atoms with Crippen molar-refractivity contribution in [3.8, 4) is 0 Å². The smallest absolute Gasteiger partial charge is 0.186 e. The minimum absolute atomic E-state index is 0.444. The average molecular weight is 279 g/mol. The van der Waals surface area contributed by atoms with Crippen LogP contribution < -0.4 is 10.2 Å². The number of thiazole rings is 1. The Bertz CT molecular complexity index is 463. The number of aryl methyl sites for hydroxylation is 1. The fraction of sp³-hybridized carbons (Fsp3) is 0.786. The summed E-state index contributed by atoms with van der Waals surface area (Å²) < 4.78 is 5.92. The van der Waals surface area contributed by atoms with E-state index < -0.39 is 0 Å². The van der Waals surface area contributed by atoms with Gasteiger partial charge in [0.2, 0.25) is 0 Å². The molecule has 0 saturated carbocycles. The maximum atomic E-state index is 5.92. The van der Waals surface area contributed by atoms with E-state index in [2.05, 4.69) is 17.3 Å². The van der Waals surface area contributed by atoms with E-state index in [0.717, 1.165) is 19.5 Å². The second-order valence-corrected chi connectivity index (χ2v) is 6.91. The van der Waals surface area contributed by atoms with Gasteiger partial charge in [0.15, 0.2) is 5.13 Å². The molecule has 3 atom stereocenters. The van der Waals surface area contributed by atoms with Gasteiger partial charge in [-0.2, -0.15) is 0 Å². The molecular weight excluding hydrogens is 258 g/mol. The van der Waals surface area contributed by atoms with Crippen LogP contribution in [0.3, 0.4) is 0 Å². The molecule has 2 fully saturated rings. The lowest BCUT2D eigenvalue weighted by Gasteiger charge is -2.31. The van der Waals surface area contributed by atoms with Crippen molar-refractivity contribution in [2.45, 2.75) is 50.4 Å². The molecule has 0 aromatic carbocycles. The second-order valence-electron chi connectivity index (χ2n) is 5.90. The summed E-state index contributed by atoms with van der Waals surface area (Å²) in [4.78, 5) is 8.85. The highest BCUT2D eigenvalue weighted by Gasteiger charge is 2.35. The molecule has 2 bridgehead atoms. The molecule has 3 unspecified atom stereocenters. The number of morpholine rings is 1. The molecule has 4 rings (SSSR count). The summed E-state index contributed by atoms with van der Waals surface area (Å²) in [6, 6.07) is 0.521. The SMILES string of the molecule is CNC1CCCc2nc(N3CC4CCC(C3)O4)sc21. The van der Waals surface area contributed by atoms with Crippen LogP contribution >= 0.6 is 11.3 Å². The van der Waals surface area contributed by atoms with Crippen LogP contribution in [0.15, 0.2) is 0 Å². The lowest BCUT2D eigenvalue weighted by Crippen LogP contribution is -2.42. The van der Waals surface area contributed by atoms with Gasteiger partial charge < -0.3 is 15.0 Å². The summed E-state index contributed by atoms with van der Waals surface area (Å²) in [7, 11) is 2.06. The van der Waals surface area contributed by atoms with E-state index in [1.807, 2.05) is 11.3 Å². The zero-order chi connectivity index (χ0) is 12.8. The van der Waals surface area contributed by atoms with Crippen molar-refractivity contribution in [1.29, 1.82) is 0 Å². The number of hydrogen-bond donors (Lipinski definition) is 1. The Labute approximate surface area is 118 Å². The minimum Gasteiger partial charge on any atom is -0.371 e. The lowest BCUT2D eigenvalue weighted by atomic mass is 9.98. The molecule has 19 heavy (non-hydrogen) atoms. The first-order valence-electron chi connectivity index (χ1n) is 7.41. The maximum absolute atomic E-state index is 5.92. The van der Waals surface area contributed by atoms with Gasteiger partial charge in [-0.1, -0.05) is 11.3 Å². The molecule has 0 spiro atoms. The number of ether oxygens (including phenoxy) is 1. The second kappa shape index (κ2) is 4.72. The molecule has 1 aromatic heterocycles. The molecule has 3 aliphatic rings. The highest BCUT2D eigenvalue weighted by atomic mass is 32.1. The Morgan fingerprint density at radius 1 is 1.26 bits per heavy atom. The van der Waals surface area contributed by atoms with Gasteiger partial charge in [-0.3, -0.25) is 0 Å². The van der Waals surface area contributed by atoms with Gasteiger partial charge in [-0.15, -0.1) is 0 Å². The van der Waals surface area contributed by atoms with Gasteiger partial charge >= 0.3 is 0 Å². The van der Waals surface area contributed by atoms with Crippen LogP contribution in [-0.4, -0.2) is 37.3 Å². The molecule has 2 aliphatic heterocycles. The molecule has 4 nitrogen and oxygen atoms in total. The molecular formula is C14H21N3OS. The Hall–Kier alpha value is -0.650. The van der Waals surface area contributed by atoms with E-state index in [0.29, 0.717) is 18.2 Å². The van der Waals surface area contributed by atoms with Crippen molar-refractivity contribution < 1.29 is 4.74 Å². The summed E-state index contributed by atoms with van der Waals surface area (Å²) in [5.41, 5.74) is 1.34. The maximum Gasteiger partial charge on any atom is 0.186 e. The van der Waals surface area contributed by atoms with Crippen LogP contribution in [0.25, 0.3) is 0 Å². The van der Waals surface area contributed by atoms with Gasteiger partial charge in [0.25, 0.3) is 0 Å². The van der Waals surface area contributed by atoms with Gasteiger partial charge in [-0.25, -0.2) is 4.98 Å². The van der Waals surface area contributed by atoms with Gasteiger partial charge in [-0.05, 0) is 39.2 Å². The number of hydrogen-bond acceptors (Lipinski definition) is 5. The van der Waals surface area contributed by atoms with E-state index in [-0.39, 0.29) is 0 Å². The fourth-order valence-electron chi connectivity index (χ4n) is 3.59. The highest BCUT2D eigenvalue weighted by Crippen LogP contribution is 2.39. The first-order valence-corrected chi connectivity index (χ1v) is 8.22. The third-order valence-electron chi connectivity index (χ3n) is 4.60. The van der Waals surface area contributed by atoms with Crippen molar-refractivity contribution in [2.75, 3.05) is 25.0 Å². The van der Waals surface area contributed by atoms with Gasteiger partial charge in [0, 0.05) is 24.0 Å². The van der Waals surface area contributed by atoms with Crippen molar-refractivity contribution in [3.05, 3.63) is 10.6 Å². The molecule has 1 aliphatic carbocycles. The summed E-state index contributed by atoms with van der Waals surface area (Å²) in [5, 5.41) is 4.66. The number of aromatic nitrogens is 1. The molecule has 3 heterocycles. The van der Waals surface area contributed by atoms with Crippen LogP contribution in [-0.2, 0) is 11.2 Å². The normalized spacial score (nSPS) is 33.5. The molecule has 5 heteroatoms. The largest absolute Gasteiger partial charge is 0.371 e. The Morgan fingerprint density at radius 2 is 2.05 bits per heavy atom. The summed E-state index contributed by atoms with van der Waals surface area (Å²) in [5.74, 6) is 0. The Balaban J connectivity index is 1.60. The Morgan fingerprint density at radius 3 is 2.79 bits per heavy atom. The summed E-state index contributed by atoms with van der Waals surface area (Å²) >= 11 is 1.90. The third-order valence-corrected chi connectivity index (χ3v) is 5.87. The summed E-state index contributed by atoms with van der Waals surface area (Å²) in [6.45, 7) is 2.07. The zero-order valence-corrected chi connectivity index (χ0v) is 12.2. The summed E-state index contributed by atoms with van der Waals surface area (Å²) in [6.07, 6.45) is 7.01. The van der Waals surface area contributed by atoms with Gasteiger partial charge in [0.05, 0.1) is 17.9 Å². The standard InChI is InChI=1S/C14H21N3OS/c1-15-11-3-2-4-12-13(11)19-14(16-12)17-7-9-5-6-10(8-17)18-9/h9-11,15H,2-8H2,1H3. The average Bonchev–Trinajstić information content (AvgIpc) is 3.01. The topological polar surface area (TPSA) is 37.4 Å². The molecule has 0 radical (unpaired) electrons. The fourth-order valence-corrected chi connectivity index (χ4v) is 4.86. The monoisotopic (exact) mass is 279 g/mol. The van der Waals surface area contributed by atoms with Crippen LogP contribution in [0, 0.1) is 0 Å². The van der Waals surface area contributed by atoms with Crippen LogP contribution in [0.4, 0.5) is 5.13 Å².